The van der Waals surface area contributed by atoms with E-state index < -0.39 is 0 Å². The highest BCUT2D eigenvalue weighted by molar-refractivity contribution is 5.39. The number of halogens is 1. The summed E-state index contributed by atoms with van der Waals surface area (Å²) in [6, 6.07) is 5.06. The van der Waals surface area contributed by atoms with Gasteiger partial charge in [0.2, 0.25) is 0 Å². The maximum absolute atomic E-state index is 13.1. The van der Waals surface area contributed by atoms with E-state index in [-0.39, 0.29) is 5.82 Å². The highest BCUT2D eigenvalue weighted by Crippen LogP contribution is 2.39. The number of ether oxygens (including phenoxy) is 1. The van der Waals surface area contributed by atoms with Crippen molar-refractivity contribution in [3.8, 4) is 5.75 Å². The second-order valence-electron chi connectivity index (χ2n) is 3.97. The van der Waals surface area contributed by atoms with Gasteiger partial charge >= 0.3 is 0 Å². The van der Waals surface area contributed by atoms with Crippen molar-refractivity contribution in [2.75, 3.05) is 13.2 Å². The van der Waals surface area contributed by atoms with Gasteiger partial charge in [0.05, 0.1) is 6.61 Å². The maximum atomic E-state index is 13.1. The lowest BCUT2D eigenvalue weighted by molar-refractivity contribution is 0.204. The molecule has 1 fully saturated rings. The molecule has 2 aliphatic heterocycles. The van der Waals surface area contributed by atoms with Crippen molar-refractivity contribution in [1.29, 1.82) is 0 Å². The normalized spacial score (nSPS) is 29.2. The van der Waals surface area contributed by atoms with Gasteiger partial charge in [0.15, 0.2) is 0 Å². The Kier molecular flexibility index (Phi) is 1.74. The molecule has 14 heavy (non-hydrogen) atoms. The third-order valence-electron chi connectivity index (χ3n) is 3.11. The first-order valence-corrected chi connectivity index (χ1v) is 5.00. The monoisotopic (exact) mass is 193 g/mol. The molecule has 0 saturated carbocycles. The van der Waals surface area contributed by atoms with Gasteiger partial charge in [-0.15, -0.1) is 0 Å². The zero-order valence-electron chi connectivity index (χ0n) is 7.79. The lowest BCUT2D eigenvalue weighted by Gasteiger charge is -2.28. The van der Waals surface area contributed by atoms with E-state index in [4.69, 9.17) is 4.74 Å². The Morgan fingerprint density at radius 2 is 2.36 bits per heavy atom. The average molecular weight is 193 g/mol. The molecule has 3 rings (SSSR count). The van der Waals surface area contributed by atoms with Gasteiger partial charge in [0, 0.05) is 17.5 Å². The molecular weight excluding hydrogens is 181 g/mol. The van der Waals surface area contributed by atoms with Crippen molar-refractivity contribution in [2.24, 2.45) is 5.92 Å². The molecule has 1 aromatic carbocycles. The number of hydrogen-bond donors (Lipinski definition) is 1. The fourth-order valence-corrected chi connectivity index (χ4v) is 2.39. The molecule has 0 amide bonds. The number of benzene rings is 1. The van der Waals surface area contributed by atoms with E-state index in [0.29, 0.717) is 12.0 Å². The summed E-state index contributed by atoms with van der Waals surface area (Å²) in [6.45, 7) is 1.77. The Labute approximate surface area is 82.1 Å². The molecule has 2 atom stereocenters. The number of fused-ring (bicyclic) bond motifs is 3. The van der Waals surface area contributed by atoms with Crippen molar-refractivity contribution in [3.05, 3.63) is 29.6 Å². The second kappa shape index (κ2) is 2.95. The van der Waals surface area contributed by atoms with E-state index in [9.17, 15) is 4.39 Å². The molecule has 1 aromatic rings. The summed E-state index contributed by atoms with van der Waals surface area (Å²) < 4.78 is 18.7. The van der Waals surface area contributed by atoms with Crippen molar-refractivity contribution in [2.45, 2.75) is 12.5 Å². The molecule has 1 N–H and O–H groups in total. The van der Waals surface area contributed by atoms with Gasteiger partial charge in [-0.05, 0) is 31.2 Å². The quantitative estimate of drug-likeness (QED) is 0.679. The molecule has 2 unspecified atom stereocenters. The zero-order valence-corrected chi connectivity index (χ0v) is 7.79. The third kappa shape index (κ3) is 1.12. The van der Waals surface area contributed by atoms with Crippen LogP contribution in [-0.4, -0.2) is 13.2 Å². The van der Waals surface area contributed by atoms with E-state index in [0.717, 1.165) is 30.9 Å². The topological polar surface area (TPSA) is 21.3 Å². The molecule has 2 aliphatic rings. The van der Waals surface area contributed by atoms with Crippen LogP contribution in [0.4, 0.5) is 4.39 Å². The summed E-state index contributed by atoms with van der Waals surface area (Å²) in [6.07, 6.45) is 1.13. The largest absolute Gasteiger partial charge is 0.493 e. The highest BCUT2D eigenvalue weighted by atomic mass is 19.1. The molecule has 2 nitrogen and oxygen atoms in total. The first kappa shape index (κ1) is 8.24. The van der Waals surface area contributed by atoms with E-state index in [1.54, 1.807) is 12.1 Å². The summed E-state index contributed by atoms with van der Waals surface area (Å²) in [7, 11) is 0. The van der Waals surface area contributed by atoms with Crippen molar-refractivity contribution < 1.29 is 9.13 Å². The van der Waals surface area contributed by atoms with Crippen LogP contribution in [0.15, 0.2) is 18.2 Å². The number of rotatable bonds is 0. The van der Waals surface area contributed by atoms with Gasteiger partial charge in [0.1, 0.15) is 11.6 Å². The minimum Gasteiger partial charge on any atom is -0.493 e. The van der Waals surface area contributed by atoms with Gasteiger partial charge in [-0.2, -0.15) is 0 Å². The van der Waals surface area contributed by atoms with Crippen LogP contribution in [0.2, 0.25) is 0 Å². The Morgan fingerprint density at radius 1 is 1.43 bits per heavy atom. The molecule has 0 bridgehead atoms. The minimum atomic E-state index is -0.179. The highest BCUT2D eigenvalue weighted by Gasteiger charge is 2.34. The van der Waals surface area contributed by atoms with Crippen LogP contribution < -0.4 is 10.1 Å². The summed E-state index contributed by atoms with van der Waals surface area (Å²) in [5.41, 5.74) is 0.985. The Hall–Kier alpha value is -1.09. The molecule has 74 valence electrons. The van der Waals surface area contributed by atoms with E-state index in [1.807, 2.05) is 0 Å². The molecule has 0 aliphatic carbocycles. The molecule has 0 radical (unpaired) electrons. The summed E-state index contributed by atoms with van der Waals surface area (Å²) >= 11 is 0. The summed E-state index contributed by atoms with van der Waals surface area (Å²) in [5, 5.41) is 3.40. The maximum Gasteiger partial charge on any atom is 0.124 e. The lowest BCUT2D eigenvalue weighted by atomic mass is 9.92. The van der Waals surface area contributed by atoms with E-state index in [2.05, 4.69) is 5.32 Å². The van der Waals surface area contributed by atoms with Crippen LogP contribution in [-0.2, 0) is 0 Å². The first-order valence-electron chi connectivity index (χ1n) is 5.00. The van der Waals surface area contributed by atoms with Crippen molar-refractivity contribution >= 4 is 0 Å². The van der Waals surface area contributed by atoms with Crippen LogP contribution in [0, 0.1) is 11.7 Å². The van der Waals surface area contributed by atoms with Gasteiger partial charge in [-0.25, -0.2) is 4.39 Å². The van der Waals surface area contributed by atoms with Crippen LogP contribution in [0.3, 0.4) is 0 Å². The van der Waals surface area contributed by atoms with Gasteiger partial charge in [-0.1, -0.05) is 0 Å². The fourth-order valence-electron chi connectivity index (χ4n) is 2.39. The van der Waals surface area contributed by atoms with Crippen molar-refractivity contribution in [1.82, 2.24) is 5.32 Å². The van der Waals surface area contributed by atoms with Crippen LogP contribution in [0.5, 0.6) is 5.75 Å². The van der Waals surface area contributed by atoms with Gasteiger partial charge < -0.3 is 10.1 Å². The van der Waals surface area contributed by atoms with Crippen LogP contribution in [0.1, 0.15) is 18.0 Å². The summed E-state index contributed by atoms with van der Waals surface area (Å²) in [4.78, 5) is 0. The lowest BCUT2D eigenvalue weighted by Crippen LogP contribution is -2.27. The van der Waals surface area contributed by atoms with E-state index >= 15 is 0 Å². The smallest absolute Gasteiger partial charge is 0.124 e. The van der Waals surface area contributed by atoms with E-state index in [1.165, 1.54) is 6.07 Å². The third-order valence-corrected chi connectivity index (χ3v) is 3.11. The predicted octanol–water partition coefficient (Wildman–Crippen LogP) is 1.87. The molecule has 3 heteroatoms. The molecule has 1 saturated heterocycles. The Balaban J connectivity index is 2.07. The number of nitrogens with one attached hydrogen (secondary N) is 1. The standard InChI is InChI=1S/C11H12FNO/c12-8-1-2-10-9(5-8)11-7(6-14-10)3-4-13-11/h1-2,5,7,11,13H,3-4,6H2. The average Bonchev–Trinajstić information content (AvgIpc) is 2.65. The molecule has 0 aromatic heterocycles. The molecule has 2 heterocycles. The Morgan fingerprint density at radius 3 is 3.29 bits per heavy atom. The van der Waals surface area contributed by atoms with Crippen molar-refractivity contribution in [3.63, 3.8) is 0 Å². The van der Waals surface area contributed by atoms with Gasteiger partial charge in [-0.3, -0.25) is 0 Å². The fraction of sp³-hybridized carbons (Fsp3) is 0.455. The van der Waals surface area contributed by atoms with Gasteiger partial charge in [0.25, 0.3) is 0 Å². The van der Waals surface area contributed by atoms with Crippen LogP contribution in [0.25, 0.3) is 0 Å². The van der Waals surface area contributed by atoms with Crippen LogP contribution >= 0.6 is 0 Å². The second-order valence-corrected chi connectivity index (χ2v) is 3.97. The SMILES string of the molecule is Fc1ccc2c(c1)C1NCCC1CO2. The zero-order chi connectivity index (χ0) is 9.54. The summed E-state index contributed by atoms with van der Waals surface area (Å²) in [5.74, 6) is 1.17. The molecule has 0 spiro atoms. The predicted molar refractivity (Wildman–Crippen MR) is 50.7 cm³/mol. The minimum absolute atomic E-state index is 0.179. The molecular formula is C11H12FNO. The first-order chi connectivity index (χ1) is 6.84. The Bertz CT molecular complexity index is 366. The number of hydrogen-bond acceptors (Lipinski definition) is 2.